The first kappa shape index (κ1) is 13.8. The van der Waals surface area contributed by atoms with E-state index in [4.69, 9.17) is 4.74 Å². The van der Waals surface area contributed by atoms with Gasteiger partial charge in [0.2, 0.25) is 5.82 Å². The quantitative estimate of drug-likeness (QED) is 0.809. The Morgan fingerprint density at radius 1 is 1.32 bits per heavy atom. The van der Waals surface area contributed by atoms with Gasteiger partial charge in [-0.3, -0.25) is 0 Å². The van der Waals surface area contributed by atoms with Crippen LogP contribution in [0.15, 0.2) is 34.9 Å². The van der Waals surface area contributed by atoms with Crippen molar-refractivity contribution in [3.8, 4) is 11.3 Å². The van der Waals surface area contributed by atoms with E-state index in [0.717, 1.165) is 15.7 Å². The maximum absolute atomic E-state index is 11.8. The Labute approximate surface area is 120 Å². The Balaban J connectivity index is 2.38. The second-order valence-corrected chi connectivity index (χ2v) is 4.88. The summed E-state index contributed by atoms with van der Waals surface area (Å²) in [5.74, 6) is -0.0324. The third kappa shape index (κ3) is 3.04. The minimum atomic E-state index is -0.382. The Bertz CT molecular complexity index is 576. The van der Waals surface area contributed by atoms with Gasteiger partial charge in [0.05, 0.1) is 12.3 Å². The number of imidazole rings is 1. The zero-order valence-corrected chi connectivity index (χ0v) is 12.5. The molecule has 100 valence electrons. The third-order valence-electron chi connectivity index (χ3n) is 2.72. The molecule has 5 heteroatoms. The van der Waals surface area contributed by atoms with Crippen LogP contribution in [0.5, 0.6) is 0 Å². The summed E-state index contributed by atoms with van der Waals surface area (Å²) in [6.45, 7) is 4.78. The lowest BCUT2D eigenvalue weighted by Crippen LogP contribution is -2.12. The molecule has 19 heavy (non-hydrogen) atoms. The van der Waals surface area contributed by atoms with Gasteiger partial charge in [0.15, 0.2) is 0 Å². The smallest absolute Gasteiger partial charge is 0.374 e. The molecule has 0 aliphatic carbocycles. The molecule has 0 bridgehead atoms. The topological polar surface area (TPSA) is 44.1 Å². The normalized spacial score (nSPS) is 10.5. The number of benzene rings is 1. The molecule has 2 rings (SSSR count). The van der Waals surface area contributed by atoms with E-state index >= 15 is 0 Å². The van der Waals surface area contributed by atoms with Gasteiger partial charge in [-0.2, -0.15) is 0 Å². The molecule has 0 spiro atoms. The van der Waals surface area contributed by atoms with Crippen molar-refractivity contribution in [2.24, 2.45) is 0 Å². The molecular weight excluding hydrogens is 308 g/mol. The van der Waals surface area contributed by atoms with Crippen molar-refractivity contribution in [3.63, 3.8) is 0 Å². The van der Waals surface area contributed by atoms with E-state index in [0.29, 0.717) is 19.0 Å². The average molecular weight is 323 g/mol. The van der Waals surface area contributed by atoms with Gasteiger partial charge >= 0.3 is 5.97 Å². The summed E-state index contributed by atoms with van der Waals surface area (Å²) in [5, 5.41) is 0. The number of halogens is 1. The number of hydrogen-bond donors (Lipinski definition) is 0. The first-order valence-electron chi connectivity index (χ1n) is 6.16. The van der Waals surface area contributed by atoms with Gasteiger partial charge in [0.25, 0.3) is 0 Å². The standard InChI is InChI=1S/C14H15BrN2O2/c1-3-17-9-12(10-5-7-11(15)8-6-10)16-13(17)14(18)19-4-2/h5-9H,3-4H2,1-2H3. The number of hydrogen-bond acceptors (Lipinski definition) is 3. The van der Waals surface area contributed by atoms with Gasteiger partial charge in [-0.05, 0) is 26.0 Å². The van der Waals surface area contributed by atoms with Crippen molar-refractivity contribution < 1.29 is 9.53 Å². The van der Waals surface area contributed by atoms with Crippen molar-refractivity contribution in [3.05, 3.63) is 40.8 Å². The summed E-state index contributed by atoms with van der Waals surface area (Å²) in [6, 6.07) is 7.82. The second-order valence-electron chi connectivity index (χ2n) is 3.96. The molecule has 0 unspecified atom stereocenters. The Hall–Kier alpha value is -1.62. The number of nitrogens with zero attached hydrogens (tertiary/aromatic N) is 2. The average Bonchev–Trinajstić information content (AvgIpc) is 2.84. The van der Waals surface area contributed by atoms with E-state index in [9.17, 15) is 4.79 Å². The Kier molecular flexibility index (Phi) is 4.37. The highest BCUT2D eigenvalue weighted by Crippen LogP contribution is 2.21. The first-order valence-corrected chi connectivity index (χ1v) is 6.95. The SMILES string of the molecule is CCOC(=O)c1nc(-c2ccc(Br)cc2)cn1CC. The zero-order valence-electron chi connectivity index (χ0n) is 10.9. The largest absolute Gasteiger partial charge is 0.460 e. The monoisotopic (exact) mass is 322 g/mol. The number of carbonyl (C=O) groups is 1. The number of aromatic nitrogens is 2. The summed E-state index contributed by atoms with van der Waals surface area (Å²) < 4.78 is 7.82. The highest BCUT2D eigenvalue weighted by Gasteiger charge is 2.16. The van der Waals surface area contributed by atoms with Crippen LogP contribution in [0.25, 0.3) is 11.3 Å². The van der Waals surface area contributed by atoms with E-state index in [1.165, 1.54) is 0 Å². The van der Waals surface area contributed by atoms with Crippen LogP contribution in [0.1, 0.15) is 24.5 Å². The van der Waals surface area contributed by atoms with Gasteiger partial charge in [-0.1, -0.05) is 28.1 Å². The van der Waals surface area contributed by atoms with Crippen molar-refractivity contribution in [2.45, 2.75) is 20.4 Å². The van der Waals surface area contributed by atoms with Crippen molar-refractivity contribution in [2.75, 3.05) is 6.61 Å². The van der Waals surface area contributed by atoms with Gasteiger partial charge in [0.1, 0.15) is 0 Å². The molecule has 2 aromatic rings. The number of rotatable bonds is 4. The second kappa shape index (κ2) is 6.02. The minimum Gasteiger partial charge on any atom is -0.460 e. The molecule has 0 radical (unpaired) electrons. The van der Waals surface area contributed by atoms with Gasteiger partial charge in [0, 0.05) is 22.8 Å². The predicted octanol–water partition coefficient (Wildman–Crippen LogP) is 3.51. The summed E-state index contributed by atoms with van der Waals surface area (Å²) >= 11 is 3.40. The van der Waals surface area contributed by atoms with E-state index in [2.05, 4.69) is 20.9 Å². The van der Waals surface area contributed by atoms with Crippen LogP contribution in [0, 0.1) is 0 Å². The van der Waals surface area contributed by atoms with Gasteiger partial charge < -0.3 is 9.30 Å². The fourth-order valence-corrected chi connectivity index (χ4v) is 2.04. The van der Waals surface area contributed by atoms with E-state index in [1.54, 1.807) is 11.5 Å². The highest BCUT2D eigenvalue weighted by atomic mass is 79.9. The van der Waals surface area contributed by atoms with E-state index in [1.807, 2.05) is 37.4 Å². The Morgan fingerprint density at radius 3 is 2.58 bits per heavy atom. The van der Waals surface area contributed by atoms with Crippen LogP contribution < -0.4 is 0 Å². The van der Waals surface area contributed by atoms with E-state index in [-0.39, 0.29) is 5.97 Å². The number of ether oxygens (including phenoxy) is 1. The molecular formula is C14H15BrN2O2. The molecule has 4 nitrogen and oxygen atoms in total. The molecule has 0 amide bonds. The van der Waals surface area contributed by atoms with Crippen LogP contribution in [-0.2, 0) is 11.3 Å². The molecule has 0 saturated carbocycles. The van der Waals surface area contributed by atoms with Crippen LogP contribution >= 0.6 is 15.9 Å². The van der Waals surface area contributed by atoms with Gasteiger partial charge in [-0.25, -0.2) is 9.78 Å². The molecule has 1 aromatic heterocycles. The molecule has 1 aromatic carbocycles. The van der Waals surface area contributed by atoms with E-state index < -0.39 is 0 Å². The molecule has 0 aliphatic heterocycles. The minimum absolute atomic E-state index is 0.349. The lowest BCUT2D eigenvalue weighted by atomic mass is 10.2. The maximum atomic E-state index is 11.8. The lowest BCUT2D eigenvalue weighted by molar-refractivity contribution is 0.0506. The number of aryl methyl sites for hydroxylation is 1. The number of esters is 1. The molecule has 0 aliphatic rings. The first-order chi connectivity index (χ1) is 9.15. The fraction of sp³-hybridized carbons (Fsp3) is 0.286. The zero-order chi connectivity index (χ0) is 13.8. The molecule has 1 heterocycles. The van der Waals surface area contributed by atoms with Crippen molar-refractivity contribution in [1.82, 2.24) is 9.55 Å². The molecule has 0 N–H and O–H groups in total. The van der Waals surface area contributed by atoms with Crippen molar-refractivity contribution in [1.29, 1.82) is 0 Å². The number of carbonyl (C=O) groups excluding carboxylic acids is 1. The summed E-state index contributed by atoms with van der Waals surface area (Å²) in [6.07, 6.45) is 1.87. The van der Waals surface area contributed by atoms with Crippen LogP contribution in [0.3, 0.4) is 0 Å². The maximum Gasteiger partial charge on any atom is 0.374 e. The van der Waals surface area contributed by atoms with Crippen LogP contribution in [0.4, 0.5) is 0 Å². The fourth-order valence-electron chi connectivity index (χ4n) is 1.78. The molecule has 0 fully saturated rings. The highest BCUT2D eigenvalue weighted by molar-refractivity contribution is 9.10. The lowest BCUT2D eigenvalue weighted by Gasteiger charge is -2.02. The summed E-state index contributed by atoms with van der Waals surface area (Å²) in [5.41, 5.74) is 1.75. The van der Waals surface area contributed by atoms with Crippen LogP contribution in [-0.4, -0.2) is 22.1 Å². The predicted molar refractivity (Wildman–Crippen MR) is 77.0 cm³/mol. The Morgan fingerprint density at radius 2 is 2.00 bits per heavy atom. The molecule has 0 atom stereocenters. The van der Waals surface area contributed by atoms with Gasteiger partial charge in [-0.15, -0.1) is 0 Å². The third-order valence-corrected chi connectivity index (χ3v) is 3.24. The van der Waals surface area contributed by atoms with Crippen molar-refractivity contribution >= 4 is 21.9 Å². The summed E-state index contributed by atoms with van der Waals surface area (Å²) in [7, 11) is 0. The molecule has 0 saturated heterocycles. The summed E-state index contributed by atoms with van der Waals surface area (Å²) in [4.78, 5) is 16.2. The van der Waals surface area contributed by atoms with Crippen LogP contribution in [0.2, 0.25) is 0 Å².